The van der Waals surface area contributed by atoms with Crippen molar-refractivity contribution in [2.75, 3.05) is 24.7 Å². The second kappa shape index (κ2) is 15.1. The first-order valence-corrected chi connectivity index (χ1v) is 17.4. The number of carbonyl (C=O) groups excluding carboxylic acids is 3. The number of nitrogens with one attached hydrogen (secondary N) is 3. The molecule has 1 aliphatic heterocycles. The van der Waals surface area contributed by atoms with Gasteiger partial charge in [0.1, 0.15) is 6.04 Å². The molecule has 9 nitrogen and oxygen atoms in total. The van der Waals surface area contributed by atoms with E-state index in [1.807, 2.05) is 81.4 Å². The van der Waals surface area contributed by atoms with Gasteiger partial charge in [-0.15, -0.1) is 11.3 Å². The summed E-state index contributed by atoms with van der Waals surface area (Å²) in [6, 6.07) is 20.3. The lowest BCUT2D eigenvalue weighted by Gasteiger charge is -2.31. The predicted octanol–water partition coefficient (Wildman–Crippen LogP) is 5.16. The molecule has 3 amide bonds. The van der Waals surface area contributed by atoms with Gasteiger partial charge in [0.15, 0.2) is 0 Å². The molecule has 5 rings (SSSR count). The van der Waals surface area contributed by atoms with Gasteiger partial charge in [0.05, 0.1) is 30.7 Å². The molecule has 3 aromatic carbocycles. The van der Waals surface area contributed by atoms with Crippen molar-refractivity contribution in [1.82, 2.24) is 16.0 Å². The molecular formula is C36H41BrN4O5S. The van der Waals surface area contributed by atoms with Gasteiger partial charge in [-0.05, 0) is 84.9 Å². The predicted molar refractivity (Wildman–Crippen MR) is 191 cm³/mol. The Labute approximate surface area is 287 Å². The molecule has 0 aliphatic carbocycles. The van der Waals surface area contributed by atoms with Crippen LogP contribution in [0.25, 0.3) is 20.5 Å². The molecule has 0 spiro atoms. The normalized spacial score (nSPS) is 15.1. The summed E-state index contributed by atoms with van der Waals surface area (Å²) in [6.45, 7) is 5.89. The van der Waals surface area contributed by atoms with Crippen molar-refractivity contribution in [1.29, 1.82) is 0 Å². The standard InChI is InChI=1S/C36H41BrN4O5S/c1-4-38-34(45)26-11-7-6-10-25(26)33-32(37)27-17-22(13-16-30(27)47-33)19-41-29-12-8-5-9-23(29)14-15-28(35(41)46)39-31(44)18-36(2,3)40-24(20-42)21-43/h5-13,16-17,24,28,40,42-43H,4,14-15,18-21H2,1-3H3,(H,38,45)(H,39,44). The zero-order valence-corrected chi connectivity index (χ0v) is 29.2. The van der Waals surface area contributed by atoms with E-state index < -0.39 is 17.6 Å². The van der Waals surface area contributed by atoms with Crippen LogP contribution >= 0.6 is 27.3 Å². The fraction of sp³-hybridized carbons (Fsp3) is 0.361. The number of fused-ring (bicyclic) bond motifs is 2. The summed E-state index contributed by atoms with van der Waals surface area (Å²) in [4.78, 5) is 42.9. The average Bonchev–Trinajstić information content (AvgIpc) is 3.32. The third kappa shape index (κ3) is 7.93. The fourth-order valence-corrected chi connectivity index (χ4v) is 8.15. The number of thiophene rings is 1. The fourth-order valence-electron chi connectivity index (χ4n) is 6.12. The maximum Gasteiger partial charge on any atom is 0.251 e. The first kappa shape index (κ1) is 34.7. The molecule has 5 N–H and O–H groups in total. The minimum absolute atomic E-state index is 0.0641. The number of para-hydroxylation sites is 1. The van der Waals surface area contributed by atoms with Crippen LogP contribution in [0.15, 0.2) is 71.2 Å². The molecule has 0 fully saturated rings. The van der Waals surface area contributed by atoms with Crippen molar-refractivity contribution in [2.24, 2.45) is 0 Å². The smallest absolute Gasteiger partial charge is 0.251 e. The monoisotopic (exact) mass is 720 g/mol. The summed E-state index contributed by atoms with van der Waals surface area (Å²) in [5.74, 6) is -0.586. The van der Waals surface area contributed by atoms with Gasteiger partial charge in [0.25, 0.3) is 5.91 Å². The molecule has 1 aromatic heterocycles. The largest absolute Gasteiger partial charge is 0.395 e. The molecule has 0 saturated carbocycles. The van der Waals surface area contributed by atoms with Crippen LogP contribution in [0.1, 0.15) is 55.1 Å². The average molecular weight is 722 g/mol. The maximum atomic E-state index is 14.1. The highest BCUT2D eigenvalue weighted by Crippen LogP contribution is 2.44. The van der Waals surface area contributed by atoms with Crippen LogP contribution < -0.4 is 20.9 Å². The van der Waals surface area contributed by atoms with Crippen LogP contribution in [0.4, 0.5) is 5.69 Å². The van der Waals surface area contributed by atoms with E-state index in [0.717, 1.165) is 41.8 Å². The number of nitrogens with zero attached hydrogens (tertiary/aromatic N) is 1. The number of aliphatic hydroxyl groups is 2. The number of aryl methyl sites for hydroxylation is 1. The third-order valence-electron chi connectivity index (χ3n) is 8.31. The zero-order valence-electron chi connectivity index (χ0n) is 26.8. The van der Waals surface area contributed by atoms with Gasteiger partial charge in [-0.25, -0.2) is 0 Å². The maximum absolute atomic E-state index is 14.1. The summed E-state index contributed by atoms with van der Waals surface area (Å²) >= 11 is 5.43. The summed E-state index contributed by atoms with van der Waals surface area (Å²) in [5, 5.41) is 28.9. The van der Waals surface area contributed by atoms with E-state index in [-0.39, 0.29) is 37.4 Å². The lowest BCUT2D eigenvalue weighted by Crippen LogP contribution is -2.53. The molecule has 2 heterocycles. The minimum atomic E-state index is -0.717. The van der Waals surface area contributed by atoms with E-state index in [4.69, 9.17) is 0 Å². The lowest BCUT2D eigenvalue weighted by molar-refractivity contribution is -0.128. The highest BCUT2D eigenvalue weighted by Gasteiger charge is 2.33. The topological polar surface area (TPSA) is 131 Å². The molecule has 11 heteroatoms. The summed E-state index contributed by atoms with van der Waals surface area (Å²) < 4.78 is 1.94. The van der Waals surface area contributed by atoms with Gasteiger partial charge in [-0.3, -0.25) is 14.4 Å². The first-order valence-electron chi connectivity index (χ1n) is 15.8. The Kier molecular flexibility index (Phi) is 11.1. The number of anilines is 1. The molecule has 1 aliphatic rings. The Balaban J connectivity index is 1.41. The van der Waals surface area contributed by atoms with E-state index in [2.05, 4.69) is 37.9 Å². The molecule has 47 heavy (non-hydrogen) atoms. The molecule has 0 bridgehead atoms. The Hall–Kier alpha value is -3.61. The van der Waals surface area contributed by atoms with Crippen molar-refractivity contribution in [3.05, 3.63) is 87.9 Å². The molecule has 0 saturated heterocycles. The van der Waals surface area contributed by atoms with Crippen molar-refractivity contribution in [3.63, 3.8) is 0 Å². The van der Waals surface area contributed by atoms with Gasteiger partial charge in [-0.1, -0.05) is 42.5 Å². The first-order chi connectivity index (χ1) is 22.5. The number of carbonyl (C=O) groups is 3. The Morgan fingerprint density at radius 3 is 2.53 bits per heavy atom. The van der Waals surface area contributed by atoms with Crippen LogP contribution in [0.3, 0.4) is 0 Å². The van der Waals surface area contributed by atoms with Crippen LogP contribution in [0.2, 0.25) is 0 Å². The zero-order chi connectivity index (χ0) is 33.7. The Morgan fingerprint density at radius 2 is 1.79 bits per heavy atom. The SMILES string of the molecule is CCNC(=O)c1ccccc1-c1sc2ccc(CN3C(=O)C(NC(=O)CC(C)(C)NC(CO)CO)CCc4ccccc43)cc2c1Br. The van der Waals surface area contributed by atoms with Crippen molar-refractivity contribution >= 4 is 60.8 Å². The molecular weight excluding hydrogens is 680 g/mol. The van der Waals surface area contributed by atoms with Crippen molar-refractivity contribution in [2.45, 2.75) is 64.2 Å². The number of rotatable bonds is 12. The highest BCUT2D eigenvalue weighted by atomic mass is 79.9. The number of benzene rings is 3. The molecule has 4 aromatic rings. The second-order valence-corrected chi connectivity index (χ2v) is 14.3. The van der Waals surface area contributed by atoms with E-state index >= 15 is 0 Å². The van der Waals surface area contributed by atoms with Gasteiger partial charge >= 0.3 is 0 Å². The number of aliphatic hydroxyl groups excluding tert-OH is 2. The van der Waals surface area contributed by atoms with Crippen LogP contribution in [0, 0.1) is 0 Å². The van der Waals surface area contributed by atoms with Crippen LogP contribution in [-0.2, 0) is 22.6 Å². The van der Waals surface area contributed by atoms with E-state index in [0.29, 0.717) is 31.5 Å². The van der Waals surface area contributed by atoms with E-state index in [1.54, 1.807) is 16.2 Å². The quantitative estimate of drug-likeness (QED) is 0.138. The van der Waals surface area contributed by atoms with Crippen LogP contribution in [-0.4, -0.2) is 65.3 Å². The van der Waals surface area contributed by atoms with Gasteiger partial charge in [0, 0.05) is 49.9 Å². The van der Waals surface area contributed by atoms with Gasteiger partial charge < -0.3 is 31.1 Å². The summed E-state index contributed by atoms with van der Waals surface area (Å²) in [6.07, 6.45) is 1.16. The van der Waals surface area contributed by atoms with Crippen LogP contribution in [0.5, 0.6) is 0 Å². The number of hydrogen-bond acceptors (Lipinski definition) is 7. The van der Waals surface area contributed by atoms with Crippen molar-refractivity contribution < 1.29 is 24.6 Å². The molecule has 1 unspecified atom stereocenters. The van der Waals surface area contributed by atoms with Gasteiger partial charge in [-0.2, -0.15) is 0 Å². The highest BCUT2D eigenvalue weighted by molar-refractivity contribution is 9.10. The van der Waals surface area contributed by atoms with Crippen molar-refractivity contribution in [3.8, 4) is 10.4 Å². The molecule has 248 valence electrons. The molecule has 0 radical (unpaired) electrons. The minimum Gasteiger partial charge on any atom is -0.395 e. The van der Waals surface area contributed by atoms with E-state index in [1.165, 1.54) is 0 Å². The second-order valence-electron chi connectivity index (χ2n) is 12.5. The summed E-state index contributed by atoms with van der Waals surface area (Å²) in [5.41, 5.74) is 3.55. The summed E-state index contributed by atoms with van der Waals surface area (Å²) in [7, 11) is 0. The third-order valence-corrected chi connectivity index (χ3v) is 10.6. The van der Waals surface area contributed by atoms with E-state index in [9.17, 15) is 24.6 Å². The number of amides is 3. The molecule has 1 atom stereocenters. The Morgan fingerprint density at radius 1 is 1.06 bits per heavy atom. The number of hydrogen-bond donors (Lipinski definition) is 5. The Bertz CT molecular complexity index is 1770. The van der Waals surface area contributed by atoms with Gasteiger partial charge in [0.2, 0.25) is 11.8 Å². The number of halogens is 1. The lowest BCUT2D eigenvalue weighted by atomic mass is 9.98.